The SMILES string of the molecule is Cc1cc(C(O)CC2CCOc3ccccc32)cc(C)n1. The molecule has 21 heavy (non-hydrogen) atoms. The Labute approximate surface area is 125 Å². The Morgan fingerprint density at radius 3 is 2.71 bits per heavy atom. The van der Waals surface area contributed by atoms with Crippen LogP contribution in [0.3, 0.4) is 0 Å². The zero-order chi connectivity index (χ0) is 14.8. The maximum atomic E-state index is 10.6. The number of benzene rings is 1. The van der Waals surface area contributed by atoms with Crippen LogP contribution in [0.15, 0.2) is 36.4 Å². The van der Waals surface area contributed by atoms with Crippen molar-refractivity contribution in [1.29, 1.82) is 0 Å². The zero-order valence-electron chi connectivity index (χ0n) is 12.5. The van der Waals surface area contributed by atoms with Crippen LogP contribution < -0.4 is 4.74 Å². The molecule has 2 aromatic rings. The minimum Gasteiger partial charge on any atom is -0.493 e. The van der Waals surface area contributed by atoms with Crippen LogP contribution in [0.1, 0.15) is 47.4 Å². The molecule has 0 fully saturated rings. The van der Waals surface area contributed by atoms with Crippen molar-refractivity contribution in [3.8, 4) is 5.75 Å². The molecule has 2 unspecified atom stereocenters. The van der Waals surface area contributed by atoms with Crippen LogP contribution in [0.25, 0.3) is 0 Å². The van der Waals surface area contributed by atoms with Crippen LogP contribution in [0.5, 0.6) is 5.75 Å². The molecule has 1 aliphatic rings. The van der Waals surface area contributed by atoms with Gasteiger partial charge in [-0.25, -0.2) is 0 Å². The van der Waals surface area contributed by atoms with Crippen molar-refractivity contribution in [2.75, 3.05) is 6.61 Å². The largest absolute Gasteiger partial charge is 0.493 e. The van der Waals surface area contributed by atoms with E-state index in [0.29, 0.717) is 5.92 Å². The van der Waals surface area contributed by atoms with Gasteiger partial charge in [-0.05, 0) is 61.9 Å². The van der Waals surface area contributed by atoms with E-state index in [4.69, 9.17) is 4.74 Å². The third-order valence-corrected chi connectivity index (χ3v) is 4.08. The summed E-state index contributed by atoms with van der Waals surface area (Å²) < 4.78 is 5.69. The van der Waals surface area contributed by atoms with Gasteiger partial charge in [0.1, 0.15) is 5.75 Å². The van der Waals surface area contributed by atoms with Crippen LogP contribution in [-0.4, -0.2) is 16.7 Å². The molecule has 110 valence electrons. The molecule has 3 rings (SSSR count). The molecule has 0 saturated carbocycles. The lowest BCUT2D eigenvalue weighted by Crippen LogP contribution is -2.16. The highest BCUT2D eigenvalue weighted by Gasteiger charge is 2.24. The van der Waals surface area contributed by atoms with Crippen LogP contribution in [-0.2, 0) is 0 Å². The van der Waals surface area contributed by atoms with E-state index in [1.165, 1.54) is 5.56 Å². The molecule has 0 spiro atoms. The summed E-state index contributed by atoms with van der Waals surface area (Å²) >= 11 is 0. The quantitative estimate of drug-likeness (QED) is 0.934. The van der Waals surface area contributed by atoms with Crippen LogP contribution in [0, 0.1) is 13.8 Å². The van der Waals surface area contributed by atoms with Crippen LogP contribution in [0.4, 0.5) is 0 Å². The van der Waals surface area contributed by atoms with Gasteiger partial charge in [-0.15, -0.1) is 0 Å². The van der Waals surface area contributed by atoms with Gasteiger partial charge in [-0.1, -0.05) is 18.2 Å². The fourth-order valence-corrected chi connectivity index (χ4v) is 3.13. The predicted molar refractivity (Wildman–Crippen MR) is 82.6 cm³/mol. The van der Waals surface area contributed by atoms with Crippen molar-refractivity contribution in [3.05, 3.63) is 58.9 Å². The number of aromatic nitrogens is 1. The van der Waals surface area contributed by atoms with E-state index in [1.54, 1.807) is 0 Å². The number of nitrogens with zero attached hydrogens (tertiary/aromatic N) is 1. The Morgan fingerprint density at radius 2 is 1.95 bits per heavy atom. The number of hydrogen-bond donors (Lipinski definition) is 1. The second-order valence-electron chi connectivity index (χ2n) is 5.81. The number of aliphatic hydroxyl groups is 1. The number of ether oxygens (including phenoxy) is 1. The summed E-state index contributed by atoms with van der Waals surface area (Å²) in [4.78, 5) is 4.37. The van der Waals surface area contributed by atoms with Crippen LogP contribution >= 0.6 is 0 Å². The average molecular weight is 283 g/mol. The number of aryl methyl sites for hydroxylation is 2. The second-order valence-corrected chi connectivity index (χ2v) is 5.81. The summed E-state index contributed by atoms with van der Waals surface area (Å²) in [7, 11) is 0. The monoisotopic (exact) mass is 283 g/mol. The van der Waals surface area contributed by atoms with Crippen molar-refractivity contribution in [1.82, 2.24) is 4.98 Å². The molecule has 0 bridgehead atoms. The molecule has 1 aliphatic heterocycles. The molecule has 0 aliphatic carbocycles. The predicted octanol–water partition coefficient (Wildman–Crippen LogP) is 3.69. The molecule has 1 aromatic carbocycles. The van der Waals surface area contributed by atoms with Gasteiger partial charge < -0.3 is 9.84 Å². The summed E-state index contributed by atoms with van der Waals surface area (Å²) in [6.45, 7) is 4.66. The third kappa shape index (κ3) is 3.08. The minimum atomic E-state index is -0.457. The van der Waals surface area contributed by atoms with Crippen molar-refractivity contribution < 1.29 is 9.84 Å². The number of rotatable bonds is 3. The molecule has 2 heterocycles. The lowest BCUT2D eigenvalue weighted by molar-refractivity contribution is 0.145. The lowest BCUT2D eigenvalue weighted by Gasteiger charge is -2.27. The summed E-state index contributed by atoms with van der Waals surface area (Å²) in [6, 6.07) is 12.1. The maximum absolute atomic E-state index is 10.6. The van der Waals surface area contributed by atoms with Gasteiger partial charge in [-0.2, -0.15) is 0 Å². The smallest absolute Gasteiger partial charge is 0.122 e. The fraction of sp³-hybridized carbons (Fsp3) is 0.389. The Kier molecular flexibility index (Phi) is 3.93. The number of fused-ring (bicyclic) bond motifs is 1. The number of aliphatic hydroxyl groups excluding tert-OH is 1. The summed E-state index contributed by atoms with van der Waals surface area (Å²) in [5.74, 6) is 1.31. The highest BCUT2D eigenvalue weighted by Crippen LogP contribution is 2.38. The molecular formula is C18H21NO2. The first kappa shape index (κ1) is 14.1. The number of hydrogen-bond acceptors (Lipinski definition) is 3. The lowest BCUT2D eigenvalue weighted by atomic mass is 9.86. The first-order chi connectivity index (χ1) is 10.1. The molecule has 2 atom stereocenters. The Morgan fingerprint density at radius 1 is 1.24 bits per heavy atom. The van der Waals surface area contributed by atoms with E-state index in [-0.39, 0.29) is 0 Å². The topological polar surface area (TPSA) is 42.4 Å². The van der Waals surface area contributed by atoms with E-state index < -0.39 is 6.10 Å². The zero-order valence-corrected chi connectivity index (χ0v) is 12.5. The van der Waals surface area contributed by atoms with Gasteiger partial charge in [0.25, 0.3) is 0 Å². The van der Waals surface area contributed by atoms with Crippen LogP contribution in [0.2, 0.25) is 0 Å². The number of pyridine rings is 1. The maximum Gasteiger partial charge on any atom is 0.122 e. The molecule has 0 radical (unpaired) electrons. The van der Waals surface area contributed by atoms with E-state index in [1.807, 2.05) is 44.2 Å². The first-order valence-electron chi connectivity index (χ1n) is 7.48. The Hall–Kier alpha value is -1.87. The molecular weight excluding hydrogens is 262 g/mol. The van der Waals surface area contributed by atoms with Gasteiger partial charge >= 0.3 is 0 Å². The average Bonchev–Trinajstić information content (AvgIpc) is 2.46. The van der Waals surface area contributed by atoms with Gasteiger partial charge in [0, 0.05) is 11.4 Å². The summed E-state index contributed by atoms with van der Waals surface area (Å²) in [5, 5.41) is 10.6. The van der Waals surface area contributed by atoms with Gasteiger partial charge in [0.15, 0.2) is 0 Å². The molecule has 3 heteroatoms. The molecule has 0 amide bonds. The first-order valence-corrected chi connectivity index (χ1v) is 7.48. The van der Waals surface area contributed by atoms with Crippen molar-refractivity contribution in [3.63, 3.8) is 0 Å². The highest BCUT2D eigenvalue weighted by atomic mass is 16.5. The van der Waals surface area contributed by atoms with E-state index in [9.17, 15) is 5.11 Å². The van der Waals surface area contributed by atoms with Gasteiger partial charge in [0.2, 0.25) is 0 Å². The van der Waals surface area contributed by atoms with Crippen molar-refractivity contribution in [2.45, 2.75) is 38.7 Å². The molecule has 1 N–H and O–H groups in total. The van der Waals surface area contributed by atoms with E-state index >= 15 is 0 Å². The highest BCUT2D eigenvalue weighted by molar-refractivity contribution is 5.38. The summed E-state index contributed by atoms with van der Waals surface area (Å²) in [5.41, 5.74) is 4.09. The summed E-state index contributed by atoms with van der Waals surface area (Å²) in [6.07, 6.45) is 1.22. The molecule has 0 saturated heterocycles. The van der Waals surface area contributed by atoms with E-state index in [2.05, 4.69) is 11.1 Å². The molecule has 3 nitrogen and oxygen atoms in total. The van der Waals surface area contributed by atoms with Crippen molar-refractivity contribution in [2.24, 2.45) is 0 Å². The standard InChI is InChI=1S/C18H21NO2/c1-12-9-15(10-13(2)19-12)17(20)11-14-7-8-21-18-6-4-3-5-16(14)18/h3-6,9-10,14,17,20H,7-8,11H2,1-2H3. The minimum absolute atomic E-state index is 0.346. The Bertz CT molecular complexity index is 619. The second kappa shape index (κ2) is 5.86. The fourth-order valence-electron chi connectivity index (χ4n) is 3.13. The Balaban J connectivity index is 1.81. The van der Waals surface area contributed by atoms with Crippen molar-refractivity contribution >= 4 is 0 Å². The van der Waals surface area contributed by atoms with Gasteiger partial charge in [-0.3, -0.25) is 4.98 Å². The molecule has 1 aromatic heterocycles. The number of para-hydroxylation sites is 1. The van der Waals surface area contributed by atoms with Gasteiger partial charge in [0.05, 0.1) is 12.7 Å². The van der Waals surface area contributed by atoms with E-state index in [0.717, 1.165) is 42.1 Å². The normalized spacial score (nSPS) is 18.7. The third-order valence-electron chi connectivity index (χ3n) is 4.08.